The minimum atomic E-state index is 1.25. The van der Waals surface area contributed by atoms with Crippen LogP contribution >= 0.6 is 11.3 Å². The fourth-order valence-corrected chi connectivity index (χ4v) is 8.84. The summed E-state index contributed by atoms with van der Waals surface area (Å²) >= 11 is 1.90. The van der Waals surface area contributed by atoms with E-state index in [2.05, 4.69) is 170 Å². The second kappa shape index (κ2) is 10.4. The van der Waals surface area contributed by atoms with Gasteiger partial charge in [0, 0.05) is 20.2 Å². The lowest BCUT2D eigenvalue weighted by Crippen LogP contribution is -1.90. The van der Waals surface area contributed by atoms with Crippen molar-refractivity contribution in [2.45, 2.75) is 0 Å². The van der Waals surface area contributed by atoms with Crippen molar-refractivity contribution in [3.8, 4) is 33.4 Å². The van der Waals surface area contributed by atoms with Crippen molar-refractivity contribution in [3.05, 3.63) is 170 Å². The fourth-order valence-electron chi connectivity index (χ4n) is 7.62. The molecular weight excluding hydrogens is 585 g/mol. The Balaban J connectivity index is 1.12. The smallest absolute Gasteiger partial charge is 0.0433 e. The second-order valence-electron chi connectivity index (χ2n) is 12.5. The molecule has 10 aromatic rings. The van der Waals surface area contributed by atoms with Gasteiger partial charge in [0.05, 0.1) is 0 Å². The fraction of sp³-hybridized carbons (Fsp3) is 0. The standard InChI is InChI=1S/C46H28S/c1-2-11-30(12-3-1)44-37-14-6-8-16-39(37)45(40-17-9-7-15-38(40)44)35-21-20-31-26-32(18-19-33(31)27-35)34-23-25-43-42(28-34)41-24-22-29-10-4-5-13-36(29)46(41)47-43/h1-28H. The quantitative estimate of drug-likeness (QED) is 0.174. The van der Waals surface area contributed by atoms with E-state index in [0.717, 1.165) is 0 Å². The first-order valence-electron chi connectivity index (χ1n) is 16.2. The number of thiophene rings is 1. The van der Waals surface area contributed by atoms with Crippen LogP contribution in [0.3, 0.4) is 0 Å². The van der Waals surface area contributed by atoms with Gasteiger partial charge in [-0.3, -0.25) is 0 Å². The summed E-state index contributed by atoms with van der Waals surface area (Å²) in [6, 6.07) is 62.7. The molecule has 10 rings (SSSR count). The number of hydrogen-bond acceptors (Lipinski definition) is 1. The van der Waals surface area contributed by atoms with Gasteiger partial charge in [0.2, 0.25) is 0 Å². The molecule has 1 aromatic heterocycles. The molecule has 218 valence electrons. The minimum Gasteiger partial charge on any atom is -0.135 e. The topological polar surface area (TPSA) is 0 Å². The van der Waals surface area contributed by atoms with Gasteiger partial charge >= 0.3 is 0 Å². The zero-order valence-electron chi connectivity index (χ0n) is 25.6. The molecule has 0 saturated heterocycles. The maximum Gasteiger partial charge on any atom is 0.0433 e. The molecule has 0 unspecified atom stereocenters. The van der Waals surface area contributed by atoms with Gasteiger partial charge in [0.25, 0.3) is 0 Å². The average molecular weight is 613 g/mol. The van der Waals surface area contributed by atoms with Gasteiger partial charge in [-0.05, 0) is 101 Å². The lowest BCUT2D eigenvalue weighted by Gasteiger charge is -2.18. The summed E-state index contributed by atoms with van der Waals surface area (Å²) in [6.07, 6.45) is 0. The molecule has 0 fully saturated rings. The van der Waals surface area contributed by atoms with E-state index in [0.29, 0.717) is 0 Å². The summed E-state index contributed by atoms with van der Waals surface area (Å²) in [5.41, 5.74) is 7.59. The molecule has 0 N–H and O–H groups in total. The van der Waals surface area contributed by atoms with Crippen LogP contribution in [0.4, 0.5) is 0 Å². The van der Waals surface area contributed by atoms with Crippen molar-refractivity contribution < 1.29 is 0 Å². The Bertz CT molecular complexity index is 2780. The van der Waals surface area contributed by atoms with Crippen LogP contribution in [0, 0.1) is 0 Å². The third-order valence-electron chi connectivity index (χ3n) is 9.82. The van der Waals surface area contributed by atoms with Crippen LogP contribution in [0.25, 0.3) is 96.6 Å². The molecule has 1 heterocycles. The predicted octanol–water partition coefficient (Wildman–Crippen LogP) is 13.7. The van der Waals surface area contributed by atoms with Gasteiger partial charge in [0.15, 0.2) is 0 Å². The number of rotatable bonds is 3. The molecule has 0 aliphatic heterocycles. The zero-order chi connectivity index (χ0) is 30.9. The summed E-state index contributed by atoms with van der Waals surface area (Å²) in [7, 11) is 0. The van der Waals surface area contributed by atoms with Crippen LogP contribution in [0.2, 0.25) is 0 Å². The van der Waals surface area contributed by atoms with Crippen LogP contribution in [0.15, 0.2) is 170 Å². The van der Waals surface area contributed by atoms with Gasteiger partial charge in [-0.2, -0.15) is 0 Å². The van der Waals surface area contributed by atoms with E-state index in [1.165, 1.54) is 96.6 Å². The highest BCUT2D eigenvalue weighted by molar-refractivity contribution is 7.26. The molecule has 9 aromatic carbocycles. The van der Waals surface area contributed by atoms with E-state index < -0.39 is 0 Å². The highest BCUT2D eigenvalue weighted by atomic mass is 32.1. The summed E-state index contributed by atoms with van der Waals surface area (Å²) < 4.78 is 2.71. The van der Waals surface area contributed by atoms with Crippen molar-refractivity contribution >= 4 is 74.6 Å². The lowest BCUT2D eigenvalue weighted by atomic mass is 9.85. The molecular formula is C46H28S. The maximum absolute atomic E-state index is 2.38. The summed E-state index contributed by atoms with van der Waals surface area (Å²) in [4.78, 5) is 0. The van der Waals surface area contributed by atoms with Crippen molar-refractivity contribution in [2.24, 2.45) is 0 Å². The molecule has 1 heteroatoms. The van der Waals surface area contributed by atoms with Crippen molar-refractivity contribution in [1.29, 1.82) is 0 Å². The van der Waals surface area contributed by atoms with Crippen LogP contribution in [-0.4, -0.2) is 0 Å². The SMILES string of the molecule is c1ccc(-c2c3ccccc3c(-c3ccc4cc(-c5ccc6sc7c8ccccc8ccc7c6c5)ccc4c3)c3ccccc23)cc1. The summed E-state index contributed by atoms with van der Waals surface area (Å²) in [6.45, 7) is 0. The number of fused-ring (bicyclic) bond motifs is 8. The van der Waals surface area contributed by atoms with Crippen molar-refractivity contribution in [1.82, 2.24) is 0 Å². The van der Waals surface area contributed by atoms with Crippen LogP contribution in [0.5, 0.6) is 0 Å². The molecule has 47 heavy (non-hydrogen) atoms. The largest absolute Gasteiger partial charge is 0.135 e. The molecule has 0 amide bonds. The minimum absolute atomic E-state index is 1.25. The van der Waals surface area contributed by atoms with Crippen LogP contribution in [0.1, 0.15) is 0 Å². The van der Waals surface area contributed by atoms with E-state index >= 15 is 0 Å². The Morgan fingerprint density at radius 1 is 0.277 bits per heavy atom. The molecule has 0 spiro atoms. The highest BCUT2D eigenvalue weighted by Crippen LogP contribution is 2.44. The maximum atomic E-state index is 2.38. The van der Waals surface area contributed by atoms with E-state index in [-0.39, 0.29) is 0 Å². The first kappa shape index (κ1) is 26.5. The number of hydrogen-bond donors (Lipinski definition) is 0. The number of benzene rings is 9. The van der Waals surface area contributed by atoms with E-state index in [1.54, 1.807) is 0 Å². The van der Waals surface area contributed by atoms with Crippen molar-refractivity contribution in [3.63, 3.8) is 0 Å². The summed E-state index contributed by atoms with van der Waals surface area (Å²) in [5, 5.41) is 12.9. The van der Waals surface area contributed by atoms with E-state index in [4.69, 9.17) is 0 Å². The average Bonchev–Trinajstić information content (AvgIpc) is 3.52. The Labute approximate surface area is 276 Å². The Morgan fingerprint density at radius 3 is 1.49 bits per heavy atom. The lowest BCUT2D eigenvalue weighted by molar-refractivity contribution is 1.66. The van der Waals surface area contributed by atoms with E-state index in [9.17, 15) is 0 Å². The Hall–Kier alpha value is -5.76. The third-order valence-corrected chi connectivity index (χ3v) is 11.0. The normalized spacial score (nSPS) is 11.8. The van der Waals surface area contributed by atoms with E-state index in [1.807, 2.05) is 11.3 Å². The third kappa shape index (κ3) is 4.14. The molecule has 0 nitrogen and oxygen atoms in total. The van der Waals surface area contributed by atoms with Gasteiger partial charge in [-0.15, -0.1) is 11.3 Å². The van der Waals surface area contributed by atoms with Gasteiger partial charge in [0.1, 0.15) is 0 Å². The molecule has 0 aliphatic carbocycles. The first-order chi connectivity index (χ1) is 23.3. The molecule has 0 aliphatic rings. The Kier molecular flexibility index (Phi) is 5.85. The molecule has 0 radical (unpaired) electrons. The van der Waals surface area contributed by atoms with Gasteiger partial charge in [-0.25, -0.2) is 0 Å². The molecule has 0 bridgehead atoms. The molecule has 0 saturated carbocycles. The van der Waals surface area contributed by atoms with Gasteiger partial charge in [-0.1, -0.05) is 146 Å². The first-order valence-corrected chi connectivity index (χ1v) is 17.0. The highest BCUT2D eigenvalue weighted by Gasteiger charge is 2.17. The summed E-state index contributed by atoms with van der Waals surface area (Å²) in [5.74, 6) is 0. The monoisotopic (exact) mass is 612 g/mol. The van der Waals surface area contributed by atoms with Crippen LogP contribution in [-0.2, 0) is 0 Å². The Morgan fingerprint density at radius 2 is 0.787 bits per heavy atom. The second-order valence-corrected chi connectivity index (χ2v) is 13.5. The predicted molar refractivity (Wildman–Crippen MR) is 206 cm³/mol. The van der Waals surface area contributed by atoms with Crippen LogP contribution < -0.4 is 0 Å². The zero-order valence-corrected chi connectivity index (χ0v) is 26.4. The van der Waals surface area contributed by atoms with Crippen molar-refractivity contribution in [2.75, 3.05) is 0 Å². The molecule has 0 atom stereocenters. The van der Waals surface area contributed by atoms with Gasteiger partial charge < -0.3 is 0 Å².